The number of anilines is 2. The summed E-state index contributed by atoms with van der Waals surface area (Å²) in [5.41, 5.74) is 1.94. The molecule has 0 aliphatic carbocycles. The van der Waals surface area contributed by atoms with E-state index in [-0.39, 0.29) is 5.56 Å². The molecule has 8 heteroatoms. The molecule has 2 aromatic heterocycles. The molecule has 4 aromatic rings. The Morgan fingerprint density at radius 1 is 1.10 bits per heavy atom. The number of rotatable bonds is 4. The summed E-state index contributed by atoms with van der Waals surface area (Å²) < 4.78 is 2.79. The van der Waals surface area contributed by atoms with Crippen molar-refractivity contribution < 1.29 is 9.90 Å². The second-order valence-electron chi connectivity index (χ2n) is 7.41. The summed E-state index contributed by atoms with van der Waals surface area (Å²) in [6.45, 7) is 7.11. The normalized spacial score (nSPS) is 14.3. The molecule has 1 N–H and O–H groups in total. The van der Waals surface area contributed by atoms with Gasteiger partial charge in [-0.05, 0) is 30.3 Å². The first-order chi connectivity index (χ1) is 15.0. The Morgan fingerprint density at radius 3 is 2.55 bits per heavy atom. The third kappa shape index (κ3) is 3.34. The van der Waals surface area contributed by atoms with E-state index in [0.717, 1.165) is 42.5 Å². The molecule has 3 heterocycles. The topological polar surface area (TPSA) is 78.7 Å². The average molecular weight is 433 g/mol. The fraction of sp³-hybridized carbons (Fsp3) is 0.174. The molecule has 7 nitrogen and oxygen atoms in total. The van der Waals surface area contributed by atoms with Crippen molar-refractivity contribution in [2.45, 2.75) is 0 Å². The highest BCUT2D eigenvalue weighted by molar-refractivity contribution is 7.22. The number of thiazole rings is 1. The molecule has 0 atom stereocenters. The van der Waals surface area contributed by atoms with Gasteiger partial charge in [0.2, 0.25) is 5.43 Å². The van der Waals surface area contributed by atoms with Crippen LogP contribution in [0.5, 0.6) is 0 Å². The largest absolute Gasteiger partial charge is 0.477 e. The lowest BCUT2D eigenvalue weighted by Gasteiger charge is -2.36. The molecule has 0 radical (unpaired) electrons. The minimum Gasteiger partial charge on any atom is -0.477 e. The Bertz CT molecular complexity index is 1350. The molecule has 1 aliphatic heterocycles. The third-order valence-electron chi connectivity index (χ3n) is 5.64. The number of aromatic nitrogens is 2. The second-order valence-corrected chi connectivity index (χ2v) is 8.42. The van der Waals surface area contributed by atoms with Crippen LogP contribution in [0.3, 0.4) is 0 Å². The van der Waals surface area contributed by atoms with Crippen LogP contribution in [0.25, 0.3) is 27.3 Å². The number of carboxylic acids is 1. The predicted molar refractivity (Wildman–Crippen MR) is 126 cm³/mol. The van der Waals surface area contributed by atoms with Gasteiger partial charge in [0.1, 0.15) is 5.56 Å². The van der Waals surface area contributed by atoms with Crippen molar-refractivity contribution in [3.05, 3.63) is 71.0 Å². The van der Waals surface area contributed by atoms with Crippen molar-refractivity contribution in [1.82, 2.24) is 9.55 Å². The van der Waals surface area contributed by atoms with Crippen LogP contribution in [0.1, 0.15) is 10.4 Å². The van der Waals surface area contributed by atoms with Crippen molar-refractivity contribution >= 4 is 55.4 Å². The molecule has 1 saturated heterocycles. The van der Waals surface area contributed by atoms with E-state index < -0.39 is 11.4 Å². The van der Waals surface area contributed by atoms with Gasteiger partial charge in [0.25, 0.3) is 0 Å². The highest BCUT2D eigenvalue weighted by Gasteiger charge is 2.21. The summed E-state index contributed by atoms with van der Waals surface area (Å²) in [6.07, 6.45) is 2.85. The maximum Gasteiger partial charge on any atom is 0.341 e. The number of carboxylic acid groups (broad SMARTS) is 1. The number of aromatic carboxylic acids is 1. The summed E-state index contributed by atoms with van der Waals surface area (Å²) in [5, 5.41) is 10.7. The van der Waals surface area contributed by atoms with Crippen LogP contribution >= 0.6 is 11.3 Å². The quantitative estimate of drug-likeness (QED) is 0.529. The van der Waals surface area contributed by atoms with E-state index in [4.69, 9.17) is 4.98 Å². The summed E-state index contributed by atoms with van der Waals surface area (Å²) in [7, 11) is 0. The van der Waals surface area contributed by atoms with Crippen molar-refractivity contribution in [2.24, 2.45) is 0 Å². The highest BCUT2D eigenvalue weighted by atomic mass is 32.1. The Morgan fingerprint density at radius 2 is 1.84 bits per heavy atom. The number of carbonyl (C=O) groups is 1. The van der Waals surface area contributed by atoms with E-state index in [1.165, 1.54) is 17.1 Å². The van der Waals surface area contributed by atoms with E-state index in [1.807, 2.05) is 30.3 Å². The van der Waals surface area contributed by atoms with Crippen molar-refractivity contribution in [3.63, 3.8) is 0 Å². The minimum atomic E-state index is -1.24. The molecular weight excluding hydrogens is 412 g/mol. The Hall–Kier alpha value is -3.65. The van der Waals surface area contributed by atoms with Crippen LogP contribution in [0.15, 0.2) is 60.0 Å². The molecule has 0 bridgehead atoms. The van der Waals surface area contributed by atoms with Crippen molar-refractivity contribution in [3.8, 4) is 0 Å². The first kappa shape index (κ1) is 19.3. The zero-order valence-corrected chi connectivity index (χ0v) is 17.5. The van der Waals surface area contributed by atoms with E-state index in [0.29, 0.717) is 10.9 Å². The molecule has 31 heavy (non-hydrogen) atoms. The van der Waals surface area contributed by atoms with Gasteiger partial charge in [0.15, 0.2) is 5.13 Å². The standard InChI is InChI=1S/C23H20N4O3S/c1-2-25-14-17(22(29)30)21(28)16-8-7-15(13-19(16)25)26-9-11-27(12-10-26)23-24-18-5-3-4-6-20(18)31-23/h2-8,13-14H,1,9-12H2,(H,29,30). The van der Waals surface area contributed by atoms with E-state index in [2.05, 4.69) is 22.4 Å². The fourth-order valence-electron chi connectivity index (χ4n) is 3.99. The maximum absolute atomic E-state index is 12.5. The Labute approximate surface area is 182 Å². The van der Waals surface area contributed by atoms with Gasteiger partial charge in [0.05, 0.1) is 15.7 Å². The molecule has 0 saturated carbocycles. The smallest absolute Gasteiger partial charge is 0.341 e. The number of hydrogen-bond acceptors (Lipinski definition) is 6. The average Bonchev–Trinajstić information content (AvgIpc) is 3.23. The van der Waals surface area contributed by atoms with Crippen LogP contribution in [0.4, 0.5) is 10.8 Å². The van der Waals surface area contributed by atoms with E-state index in [9.17, 15) is 14.7 Å². The highest BCUT2D eigenvalue weighted by Crippen LogP contribution is 2.30. The van der Waals surface area contributed by atoms with Gasteiger partial charge in [-0.2, -0.15) is 0 Å². The van der Waals surface area contributed by atoms with Crippen LogP contribution in [0.2, 0.25) is 0 Å². The van der Waals surface area contributed by atoms with Gasteiger partial charge in [-0.3, -0.25) is 4.79 Å². The number of benzene rings is 2. The number of para-hydroxylation sites is 1. The summed E-state index contributed by atoms with van der Waals surface area (Å²) >= 11 is 1.71. The summed E-state index contributed by atoms with van der Waals surface area (Å²) in [6, 6.07) is 13.7. The molecule has 0 spiro atoms. The van der Waals surface area contributed by atoms with Gasteiger partial charge < -0.3 is 19.5 Å². The molecule has 0 amide bonds. The number of fused-ring (bicyclic) bond motifs is 2. The summed E-state index contributed by atoms with van der Waals surface area (Å²) in [4.78, 5) is 33.3. The fourth-order valence-corrected chi connectivity index (χ4v) is 5.01. The molecule has 1 aliphatic rings. The van der Waals surface area contributed by atoms with Gasteiger partial charge in [-0.15, -0.1) is 0 Å². The minimum absolute atomic E-state index is 0.260. The van der Waals surface area contributed by atoms with E-state index >= 15 is 0 Å². The molecule has 2 aromatic carbocycles. The molecule has 156 valence electrons. The zero-order valence-electron chi connectivity index (χ0n) is 16.7. The zero-order chi connectivity index (χ0) is 21.5. The van der Waals surface area contributed by atoms with Crippen LogP contribution in [-0.2, 0) is 0 Å². The maximum atomic E-state index is 12.5. The van der Waals surface area contributed by atoms with Gasteiger partial charge in [-0.25, -0.2) is 9.78 Å². The number of hydrogen-bond donors (Lipinski definition) is 1. The van der Waals surface area contributed by atoms with Crippen LogP contribution in [-0.4, -0.2) is 46.8 Å². The lowest BCUT2D eigenvalue weighted by Crippen LogP contribution is -2.46. The Balaban J connectivity index is 1.41. The number of nitrogens with zero attached hydrogens (tertiary/aromatic N) is 4. The van der Waals surface area contributed by atoms with Crippen LogP contribution < -0.4 is 15.2 Å². The molecular formula is C23H20N4O3S. The number of pyridine rings is 1. The molecule has 1 fully saturated rings. The third-order valence-corrected chi connectivity index (χ3v) is 6.74. The van der Waals surface area contributed by atoms with Gasteiger partial charge in [-0.1, -0.05) is 30.0 Å². The monoisotopic (exact) mass is 432 g/mol. The first-order valence-electron chi connectivity index (χ1n) is 9.95. The molecule has 0 unspecified atom stereocenters. The first-order valence-corrected chi connectivity index (χ1v) is 10.8. The summed E-state index contributed by atoms with van der Waals surface area (Å²) in [5.74, 6) is -1.24. The van der Waals surface area contributed by atoms with E-state index in [1.54, 1.807) is 22.0 Å². The second kappa shape index (κ2) is 7.55. The number of piperazine rings is 1. The Kier molecular flexibility index (Phi) is 4.71. The molecule has 5 rings (SSSR count). The van der Waals surface area contributed by atoms with Gasteiger partial charge >= 0.3 is 5.97 Å². The SMILES string of the molecule is C=Cn1cc(C(=O)O)c(=O)c2ccc(N3CCN(c4nc5ccccc5s4)CC3)cc21. The van der Waals surface area contributed by atoms with Crippen molar-refractivity contribution in [2.75, 3.05) is 36.0 Å². The van der Waals surface area contributed by atoms with Crippen molar-refractivity contribution in [1.29, 1.82) is 0 Å². The van der Waals surface area contributed by atoms with Crippen LogP contribution in [0, 0.1) is 0 Å². The lowest BCUT2D eigenvalue weighted by atomic mass is 10.1. The van der Waals surface area contributed by atoms with Gasteiger partial charge in [0, 0.05) is 49.6 Å². The lowest BCUT2D eigenvalue weighted by molar-refractivity contribution is 0.0695. The predicted octanol–water partition coefficient (Wildman–Crippen LogP) is 3.74.